The van der Waals surface area contributed by atoms with E-state index >= 15 is 0 Å². The van der Waals surface area contributed by atoms with E-state index in [1.54, 1.807) is 6.07 Å². The summed E-state index contributed by atoms with van der Waals surface area (Å²) in [4.78, 5) is 11.6. The van der Waals surface area contributed by atoms with Crippen LogP contribution >= 0.6 is 15.9 Å². The van der Waals surface area contributed by atoms with Crippen molar-refractivity contribution in [2.75, 3.05) is 0 Å². The van der Waals surface area contributed by atoms with Crippen molar-refractivity contribution in [2.24, 2.45) is 0 Å². The minimum absolute atomic E-state index is 0.100. The molecule has 0 aromatic carbocycles. The quantitative estimate of drug-likeness (QED) is 0.754. The van der Waals surface area contributed by atoms with Crippen molar-refractivity contribution in [2.45, 2.75) is 19.3 Å². The maximum atomic E-state index is 11.6. The summed E-state index contributed by atoms with van der Waals surface area (Å²) in [6.07, 6.45) is 3.84. The Labute approximate surface area is 112 Å². The lowest BCUT2D eigenvalue weighted by atomic mass is 9.91. The van der Waals surface area contributed by atoms with Gasteiger partial charge in [0.1, 0.15) is 11.5 Å². The van der Waals surface area contributed by atoms with Gasteiger partial charge in [0.25, 0.3) is 0 Å². The molecule has 2 aliphatic carbocycles. The molecular weight excluding hydrogens is 296 g/mol. The second-order valence-corrected chi connectivity index (χ2v) is 5.28. The van der Waals surface area contributed by atoms with Crippen LogP contribution in [0.15, 0.2) is 38.1 Å². The van der Waals surface area contributed by atoms with Gasteiger partial charge in [0.05, 0.1) is 10.7 Å². The highest BCUT2D eigenvalue weighted by Crippen LogP contribution is 2.36. The number of hydrogen-bond donors (Lipinski definition) is 1. The maximum absolute atomic E-state index is 11.6. The van der Waals surface area contributed by atoms with Crippen molar-refractivity contribution in [3.05, 3.63) is 50.5 Å². The number of aliphatic hydroxyl groups excluding tert-OH is 1. The lowest BCUT2D eigenvalue weighted by molar-refractivity contribution is 0.464. The predicted octanol–water partition coefficient (Wildman–Crippen LogP) is 3.74. The standard InChI is InChI=1S/C14H11BrO3/c15-11-5-10-4-8-2-1-3-9(7-16)14(8)18-13(10)6-12(11)17/h4-7,16H,1-3H2. The van der Waals surface area contributed by atoms with Crippen LogP contribution < -0.4 is 5.43 Å². The van der Waals surface area contributed by atoms with Gasteiger partial charge in [-0.05, 0) is 52.9 Å². The van der Waals surface area contributed by atoms with Gasteiger partial charge in [0.2, 0.25) is 0 Å². The minimum Gasteiger partial charge on any atom is -0.515 e. The first kappa shape index (κ1) is 11.5. The predicted molar refractivity (Wildman–Crippen MR) is 72.8 cm³/mol. The third-order valence-electron chi connectivity index (χ3n) is 3.24. The molecule has 0 atom stereocenters. The Kier molecular flexibility index (Phi) is 2.74. The van der Waals surface area contributed by atoms with Crippen LogP contribution in [0.4, 0.5) is 0 Å². The van der Waals surface area contributed by atoms with E-state index in [0.29, 0.717) is 16.0 Å². The van der Waals surface area contributed by atoms with Crippen LogP contribution in [0, 0.1) is 0 Å². The Morgan fingerprint density at radius 2 is 2.11 bits per heavy atom. The fourth-order valence-electron chi connectivity index (χ4n) is 2.34. The summed E-state index contributed by atoms with van der Waals surface area (Å²) in [6, 6.07) is 5.28. The molecule has 0 saturated carbocycles. The number of benzene rings is 1. The summed E-state index contributed by atoms with van der Waals surface area (Å²) in [7, 11) is 0. The lowest BCUT2D eigenvalue weighted by Crippen LogP contribution is -2.06. The van der Waals surface area contributed by atoms with Crippen LogP contribution in [0.1, 0.15) is 24.2 Å². The van der Waals surface area contributed by atoms with E-state index in [1.165, 1.54) is 6.07 Å². The summed E-state index contributed by atoms with van der Waals surface area (Å²) < 4.78 is 6.32. The van der Waals surface area contributed by atoms with Crippen LogP contribution in [-0.2, 0) is 6.42 Å². The number of rotatable bonds is 0. The average Bonchev–Trinajstić information content (AvgIpc) is 2.37. The minimum atomic E-state index is -0.100. The van der Waals surface area contributed by atoms with Gasteiger partial charge in [0, 0.05) is 17.2 Å². The SMILES string of the molecule is O=c1cc2oc3c(cc-2cc1Br)CCCC3=CO. The summed E-state index contributed by atoms with van der Waals surface area (Å²) in [5.74, 6) is 1.26. The molecule has 0 aromatic heterocycles. The third kappa shape index (κ3) is 1.77. The summed E-state index contributed by atoms with van der Waals surface area (Å²) in [5.41, 5.74) is 2.68. The molecular formula is C14H11BrO3. The molecule has 0 fully saturated rings. The molecule has 3 aliphatic rings. The highest BCUT2D eigenvalue weighted by molar-refractivity contribution is 9.10. The largest absolute Gasteiger partial charge is 0.515 e. The van der Waals surface area contributed by atoms with Crippen molar-refractivity contribution in [3.8, 4) is 11.3 Å². The van der Waals surface area contributed by atoms with E-state index in [-0.39, 0.29) is 5.43 Å². The van der Waals surface area contributed by atoms with Crippen LogP contribution in [0.25, 0.3) is 16.9 Å². The number of allylic oxidation sites excluding steroid dienone is 1. The van der Waals surface area contributed by atoms with Crippen LogP contribution in [0.3, 0.4) is 0 Å². The number of aliphatic hydroxyl groups is 1. The van der Waals surface area contributed by atoms with Crippen molar-refractivity contribution in [1.82, 2.24) is 0 Å². The van der Waals surface area contributed by atoms with E-state index in [0.717, 1.165) is 42.2 Å². The third-order valence-corrected chi connectivity index (χ3v) is 3.86. The zero-order chi connectivity index (χ0) is 12.7. The second kappa shape index (κ2) is 4.28. The summed E-state index contributed by atoms with van der Waals surface area (Å²) in [5, 5.41) is 9.22. The molecule has 0 amide bonds. The van der Waals surface area contributed by atoms with Gasteiger partial charge < -0.3 is 9.52 Å². The normalized spacial score (nSPS) is 17.1. The molecule has 1 N–H and O–H groups in total. The van der Waals surface area contributed by atoms with Crippen molar-refractivity contribution in [3.63, 3.8) is 0 Å². The van der Waals surface area contributed by atoms with Gasteiger partial charge in [-0.15, -0.1) is 0 Å². The molecule has 0 saturated heterocycles. The molecule has 3 nitrogen and oxygen atoms in total. The molecule has 0 radical (unpaired) electrons. The Hall–Kier alpha value is -1.55. The van der Waals surface area contributed by atoms with E-state index in [2.05, 4.69) is 15.9 Å². The first-order chi connectivity index (χ1) is 8.69. The molecule has 0 bridgehead atoms. The monoisotopic (exact) mass is 306 g/mol. The van der Waals surface area contributed by atoms with Crippen LogP contribution in [0.5, 0.6) is 0 Å². The molecule has 0 aromatic rings. The van der Waals surface area contributed by atoms with Gasteiger partial charge >= 0.3 is 0 Å². The molecule has 4 heteroatoms. The fraction of sp³-hybridized carbons (Fsp3) is 0.214. The number of hydrogen-bond acceptors (Lipinski definition) is 3. The highest BCUT2D eigenvalue weighted by Gasteiger charge is 2.20. The Bertz CT molecular complexity index is 670. The van der Waals surface area contributed by atoms with Gasteiger partial charge in [-0.2, -0.15) is 0 Å². The zero-order valence-electron chi connectivity index (χ0n) is 9.57. The first-order valence-corrected chi connectivity index (χ1v) is 6.58. The first-order valence-electron chi connectivity index (χ1n) is 5.79. The smallest absolute Gasteiger partial charge is 0.196 e. The van der Waals surface area contributed by atoms with Crippen molar-refractivity contribution >= 4 is 21.5 Å². The Morgan fingerprint density at radius 1 is 1.28 bits per heavy atom. The maximum Gasteiger partial charge on any atom is 0.196 e. The average molecular weight is 307 g/mol. The lowest BCUT2D eigenvalue weighted by Gasteiger charge is -2.19. The van der Waals surface area contributed by atoms with Crippen LogP contribution in [0.2, 0.25) is 0 Å². The molecule has 1 aliphatic heterocycles. The van der Waals surface area contributed by atoms with E-state index in [4.69, 9.17) is 4.42 Å². The number of halogens is 1. The molecule has 92 valence electrons. The number of aryl methyl sites for hydroxylation is 1. The van der Waals surface area contributed by atoms with Gasteiger partial charge in [-0.25, -0.2) is 0 Å². The highest BCUT2D eigenvalue weighted by atomic mass is 79.9. The van der Waals surface area contributed by atoms with Crippen molar-refractivity contribution in [1.29, 1.82) is 0 Å². The van der Waals surface area contributed by atoms with Crippen LogP contribution in [-0.4, -0.2) is 5.11 Å². The molecule has 1 heterocycles. The van der Waals surface area contributed by atoms with Gasteiger partial charge in [0.15, 0.2) is 5.43 Å². The van der Waals surface area contributed by atoms with Gasteiger partial charge in [-0.3, -0.25) is 4.79 Å². The number of fused-ring (bicyclic) bond motifs is 2. The van der Waals surface area contributed by atoms with E-state index in [1.807, 2.05) is 6.07 Å². The molecule has 0 unspecified atom stereocenters. The Morgan fingerprint density at radius 3 is 2.89 bits per heavy atom. The fourth-order valence-corrected chi connectivity index (χ4v) is 2.70. The Balaban J connectivity index is 2.31. The molecule has 0 spiro atoms. The molecule has 3 rings (SSSR count). The topological polar surface area (TPSA) is 50.4 Å². The molecule has 18 heavy (non-hydrogen) atoms. The zero-order valence-corrected chi connectivity index (χ0v) is 11.2. The van der Waals surface area contributed by atoms with Crippen molar-refractivity contribution < 1.29 is 9.52 Å². The second-order valence-electron chi connectivity index (χ2n) is 4.43. The van der Waals surface area contributed by atoms with E-state index in [9.17, 15) is 9.90 Å². The van der Waals surface area contributed by atoms with Gasteiger partial charge in [-0.1, -0.05) is 0 Å². The van der Waals surface area contributed by atoms with E-state index < -0.39 is 0 Å². The summed E-state index contributed by atoms with van der Waals surface area (Å²) in [6.45, 7) is 0. The summed E-state index contributed by atoms with van der Waals surface area (Å²) >= 11 is 3.23.